The Morgan fingerprint density at radius 3 is 2.90 bits per heavy atom. The van der Waals surface area contributed by atoms with E-state index >= 15 is 0 Å². The Bertz CT molecular complexity index is 541. The zero-order valence-electron chi connectivity index (χ0n) is 12.4. The summed E-state index contributed by atoms with van der Waals surface area (Å²) in [5.74, 6) is -0.158. The Morgan fingerprint density at radius 2 is 2.19 bits per heavy atom. The van der Waals surface area contributed by atoms with Gasteiger partial charge in [0.05, 0.1) is 0 Å². The van der Waals surface area contributed by atoms with E-state index in [0.717, 1.165) is 32.1 Å². The number of aromatic nitrogens is 2. The van der Waals surface area contributed by atoms with Gasteiger partial charge in [0.2, 0.25) is 0 Å². The van der Waals surface area contributed by atoms with Crippen molar-refractivity contribution in [2.24, 2.45) is 5.92 Å². The Morgan fingerprint density at radius 1 is 1.43 bits per heavy atom. The maximum atomic E-state index is 12.3. The smallest absolute Gasteiger partial charge is 0.271 e. The van der Waals surface area contributed by atoms with E-state index in [2.05, 4.69) is 10.4 Å². The normalized spacial score (nSPS) is 22.0. The minimum atomic E-state index is -0.273. The van der Waals surface area contributed by atoms with Crippen LogP contribution in [0.1, 0.15) is 49.5 Å². The first-order chi connectivity index (χ1) is 10.2. The average molecular weight is 293 g/mol. The molecule has 1 aromatic rings. The highest BCUT2D eigenvalue weighted by Gasteiger charge is 2.26. The molecule has 1 aliphatic rings. The van der Waals surface area contributed by atoms with E-state index in [1.165, 1.54) is 16.8 Å². The first-order valence-electron chi connectivity index (χ1n) is 7.65. The molecule has 2 N–H and O–H groups in total. The van der Waals surface area contributed by atoms with E-state index in [4.69, 9.17) is 0 Å². The van der Waals surface area contributed by atoms with Crippen LogP contribution in [0.2, 0.25) is 0 Å². The molecule has 6 nitrogen and oxygen atoms in total. The van der Waals surface area contributed by atoms with Crippen molar-refractivity contribution < 1.29 is 9.90 Å². The summed E-state index contributed by atoms with van der Waals surface area (Å²) in [5, 5.41) is 16.4. The van der Waals surface area contributed by atoms with Gasteiger partial charge in [0.25, 0.3) is 11.5 Å². The maximum absolute atomic E-state index is 12.3. The fourth-order valence-electron chi connectivity index (χ4n) is 2.80. The second-order valence-electron chi connectivity index (χ2n) is 5.59. The molecule has 116 valence electrons. The molecule has 0 bridgehead atoms. The molecule has 2 unspecified atom stereocenters. The summed E-state index contributed by atoms with van der Waals surface area (Å²) in [7, 11) is 0. The highest BCUT2D eigenvalue weighted by Crippen LogP contribution is 2.24. The van der Waals surface area contributed by atoms with Gasteiger partial charge in [0.1, 0.15) is 5.69 Å². The van der Waals surface area contributed by atoms with Gasteiger partial charge in [-0.1, -0.05) is 19.8 Å². The van der Waals surface area contributed by atoms with Gasteiger partial charge in [0.15, 0.2) is 0 Å². The maximum Gasteiger partial charge on any atom is 0.271 e. The first-order valence-corrected chi connectivity index (χ1v) is 7.65. The van der Waals surface area contributed by atoms with E-state index in [-0.39, 0.29) is 35.7 Å². The number of amides is 1. The molecule has 2 atom stereocenters. The molecular formula is C15H23N3O3. The van der Waals surface area contributed by atoms with Gasteiger partial charge < -0.3 is 10.4 Å². The van der Waals surface area contributed by atoms with Crippen molar-refractivity contribution in [2.75, 3.05) is 6.61 Å². The molecule has 1 fully saturated rings. The van der Waals surface area contributed by atoms with Crippen LogP contribution in [0.25, 0.3) is 0 Å². The van der Waals surface area contributed by atoms with Crippen LogP contribution in [0.4, 0.5) is 0 Å². The Hall–Kier alpha value is -1.69. The SMILES string of the molecule is CCCn1nc(C(=O)NC2CCCCC2CO)ccc1=O. The van der Waals surface area contributed by atoms with Crippen molar-refractivity contribution in [2.45, 2.75) is 51.6 Å². The first kappa shape index (κ1) is 15.7. The lowest BCUT2D eigenvalue weighted by molar-refractivity contribution is 0.0865. The number of hydrogen-bond acceptors (Lipinski definition) is 4. The third-order valence-electron chi connectivity index (χ3n) is 3.99. The van der Waals surface area contributed by atoms with Gasteiger partial charge in [-0.3, -0.25) is 9.59 Å². The van der Waals surface area contributed by atoms with Crippen LogP contribution in [0, 0.1) is 5.92 Å². The number of nitrogens with one attached hydrogen (secondary N) is 1. The number of aliphatic hydroxyl groups is 1. The van der Waals surface area contributed by atoms with Gasteiger partial charge in [0, 0.05) is 31.2 Å². The van der Waals surface area contributed by atoms with Gasteiger partial charge in [-0.15, -0.1) is 0 Å². The minimum absolute atomic E-state index is 0.00963. The number of carbonyl (C=O) groups is 1. The second kappa shape index (κ2) is 7.36. The molecule has 1 aromatic heterocycles. The zero-order valence-corrected chi connectivity index (χ0v) is 12.4. The van der Waals surface area contributed by atoms with E-state index in [1.54, 1.807) is 0 Å². The summed E-state index contributed by atoms with van der Waals surface area (Å²) in [5.41, 5.74) is 0.0598. The molecule has 0 aromatic carbocycles. The van der Waals surface area contributed by atoms with E-state index in [1.807, 2.05) is 6.92 Å². The van der Waals surface area contributed by atoms with E-state index < -0.39 is 0 Å². The van der Waals surface area contributed by atoms with Crippen molar-refractivity contribution in [3.63, 3.8) is 0 Å². The molecule has 1 saturated carbocycles. The van der Waals surface area contributed by atoms with Crippen LogP contribution in [-0.4, -0.2) is 33.4 Å². The van der Waals surface area contributed by atoms with Crippen LogP contribution in [0.15, 0.2) is 16.9 Å². The van der Waals surface area contributed by atoms with E-state index in [0.29, 0.717) is 6.54 Å². The van der Waals surface area contributed by atoms with Crippen molar-refractivity contribution in [3.05, 3.63) is 28.2 Å². The molecule has 1 heterocycles. The molecule has 6 heteroatoms. The number of aliphatic hydroxyl groups excluding tert-OH is 1. The fourth-order valence-corrected chi connectivity index (χ4v) is 2.80. The molecule has 0 radical (unpaired) electrons. The number of carbonyl (C=O) groups excluding carboxylic acids is 1. The third kappa shape index (κ3) is 3.91. The number of aryl methyl sites for hydroxylation is 1. The van der Waals surface area contributed by atoms with Crippen molar-refractivity contribution in [1.29, 1.82) is 0 Å². The molecule has 0 saturated heterocycles. The molecular weight excluding hydrogens is 270 g/mol. The average Bonchev–Trinajstić information content (AvgIpc) is 2.50. The lowest BCUT2D eigenvalue weighted by atomic mass is 9.85. The van der Waals surface area contributed by atoms with Gasteiger partial charge in [-0.2, -0.15) is 5.10 Å². The lowest BCUT2D eigenvalue weighted by Crippen LogP contribution is -2.44. The summed E-state index contributed by atoms with van der Waals surface area (Å²) in [6.45, 7) is 2.55. The molecule has 0 aliphatic heterocycles. The summed E-state index contributed by atoms with van der Waals surface area (Å²) in [4.78, 5) is 23.9. The van der Waals surface area contributed by atoms with Crippen LogP contribution in [0.3, 0.4) is 0 Å². The lowest BCUT2D eigenvalue weighted by Gasteiger charge is -2.30. The summed E-state index contributed by atoms with van der Waals surface area (Å²) in [6.07, 6.45) is 4.75. The summed E-state index contributed by atoms with van der Waals surface area (Å²) < 4.78 is 1.32. The minimum Gasteiger partial charge on any atom is -0.396 e. The number of hydrogen-bond donors (Lipinski definition) is 2. The van der Waals surface area contributed by atoms with Crippen LogP contribution < -0.4 is 10.9 Å². The monoisotopic (exact) mass is 293 g/mol. The predicted octanol–water partition coefficient (Wildman–Crippen LogP) is 0.934. The highest BCUT2D eigenvalue weighted by atomic mass is 16.3. The van der Waals surface area contributed by atoms with Crippen LogP contribution in [-0.2, 0) is 6.54 Å². The van der Waals surface area contributed by atoms with Crippen molar-refractivity contribution in [1.82, 2.24) is 15.1 Å². The predicted molar refractivity (Wildman–Crippen MR) is 79.1 cm³/mol. The van der Waals surface area contributed by atoms with Gasteiger partial charge in [-0.05, 0) is 25.3 Å². The summed E-state index contributed by atoms with van der Waals surface area (Å²) >= 11 is 0. The fraction of sp³-hybridized carbons (Fsp3) is 0.667. The molecule has 21 heavy (non-hydrogen) atoms. The Balaban J connectivity index is 2.09. The molecule has 1 amide bonds. The van der Waals surface area contributed by atoms with Crippen LogP contribution in [0.5, 0.6) is 0 Å². The third-order valence-corrected chi connectivity index (χ3v) is 3.99. The number of rotatable bonds is 5. The molecule has 0 spiro atoms. The van der Waals surface area contributed by atoms with Gasteiger partial charge >= 0.3 is 0 Å². The Labute approximate surface area is 124 Å². The van der Waals surface area contributed by atoms with Crippen LogP contribution >= 0.6 is 0 Å². The quantitative estimate of drug-likeness (QED) is 0.846. The standard InChI is InChI=1S/C15H23N3O3/c1-2-9-18-14(20)8-7-13(17-18)15(21)16-12-6-4-3-5-11(12)10-19/h7-8,11-12,19H,2-6,9-10H2,1H3,(H,16,21). The van der Waals surface area contributed by atoms with Gasteiger partial charge in [-0.25, -0.2) is 4.68 Å². The Kier molecular flexibility index (Phi) is 5.50. The molecule has 1 aliphatic carbocycles. The second-order valence-corrected chi connectivity index (χ2v) is 5.59. The zero-order chi connectivity index (χ0) is 15.2. The topological polar surface area (TPSA) is 84.2 Å². The number of nitrogens with zero attached hydrogens (tertiary/aromatic N) is 2. The summed E-state index contributed by atoms with van der Waals surface area (Å²) in [6, 6.07) is 2.83. The van der Waals surface area contributed by atoms with E-state index in [9.17, 15) is 14.7 Å². The van der Waals surface area contributed by atoms with Crippen molar-refractivity contribution in [3.8, 4) is 0 Å². The van der Waals surface area contributed by atoms with Crippen molar-refractivity contribution >= 4 is 5.91 Å². The largest absolute Gasteiger partial charge is 0.396 e. The molecule has 2 rings (SSSR count). The highest BCUT2D eigenvalue weighted by molar-refractivity contribution is 5.92.